The Kier molecular flexibility index (Phi) is 5.75. The summed E-state index contributed by atoms with van der Waals surface area (Å²) in [5.74, 6) is 0.440. The third-order valence-electron chi connectivity index (χ3n) is 4.23. The third kappa shape index (κ3) is 4.18. The van der Waals surface area contributed by atoms with Gasteiger partial charge in [-0.3, -0.25) is 4.99 Å². The van der Waals surface area contributed by atoms with Gasteiger partial charge in [-0.15, -0.1) is 0 Å². The van der Waals surface area contributed by atoms with Crippen molar-refractivity contribution in [3.63, 3.8) is 0 Å². The number of benzene rings is 1. The molecule has 1 saturated heterocycles. The van der Waals surface area contributed by atoms with Gasteiger partial charge in [-0.25, -0.2) is 8.78 Å². The summed E-state index contributed by atoms with van der Waals surface area (Å²) in [5, 5.41) is 3.32. The summed E-state index contributed by atoms with van der Waals surface area (Å²) >= 11 is 0. The van der Waals surface area contributed by atoms with Crippen LogP contribution in [0.1, 0.15) is 38.2 Å². The van der Waals surface area contributed by atoms with Crippen LogP contribution in [0.2, 0.25) is 0 Å². The van der Waals surface area contributed by atoms with Gasteiger partial charge in [0.05, 0.1) is 0 Å². The molecule has 1 aromatic rings. The second kappa shape index (κ2) is 7.56. The molecule has 2 rings (SSSR count). The first-order chi connectivity index (χ1) is 10.5. The number of likely N-dealkylation sites (tertiary alicyclic amines) is 1. The number of hydrogen-bond donors (Lipinski definition) is 1. The minimum atomic E-state index is -0.542. The Hall–Kier alpha value is -1.65. The molecule has 22 heavy (non-hydrogen) atoms. The fourth-order valence-electron chi connectivity index (χ4n) is 2.97. The van der Waals surface area contributed by atoms with Crippen molar-refractivity contribution in [2.24, 2.45) is 10.9 Å². The Morgan fingerprint density at radius 3 is 2.86 bits per heavy atom. The fraction of sp³-hybridized carbons (Fsp3) is 0.588. The number of piperidine rings is 1. The molecule has 3 nitrogen and oxygen atoms in total. The molecule has 122 valence electrons. The van der Waals surface area contributed by atoms with E-state index in [1.807, 2.05) is 6.92 Å². The Balaban J connectivity index is 1.95. The largest absolute Gasteiger partial charge is 0.356 e. The summed E-state index contributed by atoms with van der Waals surface area (Å²) in [6.45, 7) is 6.74. The zero-order valence-corrected chi connectivity index (χ0v) is 13.6. The first kappa shape index (κ1) is 16.7. The van der Waals surface area contributed by atoms with Gasteiger partial charge < -0.3 is 10.2 Å². The smallest absolute Gasteiger partial charge is 0.193 e. The van der Waals surface area contributed by atoms with Gasteiger partial charge in [0.25, 0.3) is 0 Å². The van der Waals surface area contributed by atoms with Crippen molar-refractivity contribution in [3.05, 3.63) is 35.4 Å². The zero-order chi connectivity index (χ0) is 16.1. The maximum absolute atomic E-state index is 13.8. The highest BCUT2D eigenvalue weighted by atomic mass is 19.1. The predicted octanol–water partition coefficient (Wildman–Crippen LogP) is 3.38. The number of hydrogen-bond acceptors (Lipinski definition) is 1. The molecule has 1 aliphatic heterocycles. The van der Waals surface area contributed by atoms with E-state index in [1.54, 1.807) is 7.05 Å². The van der Waals surface area contributed by atoms with Crippen molar-refractivity contribution in [2.45, 2.75) is 32.6 Å². The van der Waals surface area contributed by atoms with Crippen molar-refractivity contribution in [1.82, 2.24) is 10.2 Å². The number of nitrogens with zero attached hydrogens (tertiary/aromatic N) is 2. The van der Waals surface area contributed by atoms with E-state index in [-0.39, 0.29) is 5.92 Å². The van der Waals surface area contributed by atoms with Gasteiger partial charge in [-0.05, 0) is 30.4 Å². The molecule has 1 heterocycles. The minimum absolute atomic E-state index is 0.0560. The summed E-state index contributed by atoms with van der Waals surface area (Å²) in [6, 6.07) is 3.76. The van der Waals surface area contributed by atoms with Crippen LogP contribution in [0.4, 0.5) is 8.78 Å². The Bertz CT molecular complexity index is 531. The summed E-state index contributed by atoms with van der Waals surface area (Å²) in [7, 11) is 1.77. The van der Waals surface area contributed by atoms with Crippen molar-refractivity contribution in [3.8, 4) is 0 Å². The number of nitrogens with one attached hydrogen (secondary N) is 1. The van der Waals surface area contributed by atoms with Crippen LogP contribution in [-0.2, 0) is 0 Å². The molecule has 0 aliphatic carbocycles. The molecule has 5 heteroatoms. The topological polar surface area (TPSA) is 27.6 Å². The van der Waals surface area contributed by atoms with Gasteiger partial charge in [0.2, 0.25) is 0 Å². The average Bonchev–Trinajstić information content (AvgIpc) is 2.47. The van der Waals surface area contributed by atoms with Crippen LogP contribution >= 0.6 is 0 Å². The lowest BCUT2D eigenvalue weighted by molar-refractivity contribution is 0.265. The molecule has 2 atom stereocenters. The van der Waals surface area contributed by atoms with Crippen molar-refractivity contribution in [1.29, 1.82) is 0 Å². The molecule has 1 aliphatic rings. The van der Waals surface area contributed by atoms with E-state index in [2.05, 4.69) is 22.1 Å². The SMILES string of the molecule is CN=C(NCC(C)c1ccc(F)cc1F)N1CCCC(C)C1. The molecule has 0 radical (unpaired) electrons. The van der Waals surface area contributed by atoms with Crippen LogP contribution in [0.15, 0.2) is 23.2 Å². The molecule has 1 fully saturated rings. The highest BCUT2D eigenvalue weighted by Gasteiger charge is 2.20. The number of rotatable bonds is 3. The standard InChI is InChI=1S/C17H25F2N3/c1-12-5-4-8-22(11-12)17(20-3)21-10-13(2)15-7-6-14(18)9-16(15)19/h6-7,9,12-13H,4-5,8,10-11H2,1-3H3,(H,20,21). The van der Waals surface area contributed by atoms with Gasteiger partial charge >= 0.3 is 0 Å². The third-order valence-corrected chi connectivity index (χ3v) is 4.23. The van der Waals surface area contributed by atoms with E-state index in [0.29, 0.717) is 18.0 Å². The molecule has 1 N–H and O–H groups in total. The predicted molar refractivity (Wildman–Crippen MR) is 86.1 cm³/mol. The normalized spacial score (nSPS) is 20.9. The number of guanidine groups is 1. The Labute approximate surface area is 131 Å². The highest BCUT2D eigenvalue weighted by Crippen LogP contribution is 2.20. The number of aliphatic imine (C=N–C) groups is 1. The summed E-state index contributed by atoms with van der Waals surface area (Å²) in [4.78, 5) is 6.58. The van der Waals surface area contributed by atoms with Gasteiger partial charge in [-0.2, -0.15) is 0 Å². The maximum Gasteiger partial charge on any atom is 0.193 e. The lowest BCUT2D eigenvalue weighted by Gasteiger charge is -2.34. The zero-order valence-electron chi connectivity index (χ0n) is 13.6. The van der Waals surface area contributed by atoms with E-state index in [1.165, 1.54) is 25.0 Å². The lowest BCUT2D eigenvalue weighted by atomic mass is 10.00. The van der Waals surface area contributed by atoms with E-state index in [4.69, 9.17) is 0 Å². The molecule has 0 bridgehead atoms. The molecular weight excluding hydrogens is 284 g/mol. The highest BCUT2D eigenvalue weighted by molar-refractivity contribution is 5.80. The molecule has 0 spiro atoms. The van der Waals surface area contributed by atoms with E-state index < -0.39 is 11.6 Å². The van der Waals surface area contributed by atoms with Crippen molar-refractivity contribution >= 4 is 5.96 Å². The Morgan fingerprint density at radius 1 is 1.45 bits per heavy atom. The fourth-order valence-corrected chi connectivity index (χ4v) is 2.97. The molecule has 0 aromatic heterocycles. The van der Waals surface area contributed by atoms with Gasteiger partial charge in [0, 0.05) is 38.7 Å². The summed E-state index contributed by atoms with van der Waals surface area (Å²) < 4.78 is 26.8. The van der Waals surface area contributed by atoms with Gasteiger partial charge in [0.1, 0.15) is 11.6 Å². The van der Waals surface area contributed by atoms with Crippen molar-refractivity contribution < 1.29 is 8.78 Å². The van der Waals surface area contributed by atoms with Crippen LogP contribution < -0.4 is 5.32 Å². The van der Waals surface area contributed by atoms with E-state index >= 15 is 0 Å². The van der Waals surface area contributed by atoms with Crippen LogP contribution in [-0.4, -0.2) is 37.5 Å². The van der Waals surface area contributed by atoms with Crippen molar-refractivity contribution in [2.75, 3.05) is 26.7 Å². The minimum Gasteiger partial charge on any atom is -0.356 e. The van der Waals surface area contributed by atoms with Gasteiger partial charge in [-0.1, -0.05) is 19.9 Å². The average molecular weight is 309 g/mol. The second-order valence-electron chi connectivity index (χ2n) is 6.19. The van der Waals surface area contributed by atoms with Crippen LogP contribution in [0, 0.1) is 17.6 Å². The summed E-state index contributed by atoms with van der Waals surface area (Å²) in [6.07, 6.45) is 2.43. The quantitative estimate of drug-likeness (QED) is 0.685. The first-order valence-corrected chi connectivity index (χ1v) is 7.91. The van der Waals surface area contributed by atoms with Crippen LogP contribution in [0.25, 0.3) is 0 Å². The van der Waals surface area contributed by atoms with Crippen LogP contribution in [0.5, 0.6) is 0 Å². The van der Waals surface area contributed by atoms with E-state index in [9.17, 15) is 8.78 Å². The molecule has 2 unspecified atom stereocenters. The lowest BCUT2D eigenvalue weighted by Crippen LogP contribution is -2.47. The molecule has 0 saturated carbocycles. The molecule has 1 aromatic carbocycles. The monoisotopic (exact) mass is 309 g/mol. The van der Waals surface area contributed by atoms with E-state index in [0.717, 1.165) is 25.1 Å². The second-order valence-corrected chi connectivity index (χ2v) is 6.19. The first-order valence-electron chi connectivity index (χ1n) is 7.91. The molecule has 0 amide bonds. The summed E-state index contributed by atoms with van der Waals surface area (Å²) in [5.41, 5.74) is 0.524. The molecular formula is C17H25F2N3. The number of halogens is 2. The van der Waals surface area contributed by atoms with Crippen LogP contribution in [0.3, 0.4) is 0 Å². The maximum atomic E-state index is 13.8. The Morgan fingerprint density at radius 2 is 2.23 bits per heavy atom. The van der Waals surface area contributed by atoms with Gasteiger partial charge in [0.15, 0.2) is 5.96 Å².